The van der Waals surface area contributed by atoms with E-state index in [-0.39, 0.29) is 10.7 Å². The monoisotopic (exact) mass is 389 g/mol. The van der Waals surface area contributed by atoms with Crippen LogP contribution in [-0.2, 0) is 10.0 Å². The minimum Gasteiger partial charge on any atom is -0.372 e. The molecule has 8 heteroatoms. The maximum Gasteiger partial charge on any atom is 0.265 e. The fraction of sp³-hybridized carbons (Fsp3) is 0.154. The van der Waals surface area contributed by atoms with Crippen LogP contribution in [-0.4, -0.2) is 20.4 Å². The van der Waals surface area contributed by atoms with Crippen molar-refractivity contribution in [2.24, 2.45) is 0 Å². The number of hydrogen-bond donors (Lipinski definition) is 2. The van der Waals surface area contributed by atoms with Crippen LogP contribution in [0.15, 0.2) is 39.8 Å². The van der Waals surface area contributed by atoms with Gasteiger partial charge in [-0.1, -0.05) is 17.7 Å². The maximum absolute atomic E-state index is 12.5. The van der Waals surface area contributed by atoms with Gasteiger partial charge in [0, 0.05) is 17.7 Å². The molecule has 0 radical (unpaired) electrons. The van der Waals surface area contributed by atoms with Gasteiger partial charge in [-0.05, 0) is 46.6 Å². The summed E-state index contributed by atoms with van der Waals surface area (Å²) in [6.45, 7) is 1.88. The largest absolute Gasteiger partial charge is 0.372 e. The molecule has 112 valence electrons. The Kier molecular flexibility index (Phi) is 4.75. The Hall–Kier alpha value is -1.31. The minimum absolute atomic E-state index is 0.0380. The van der Waals surface area contributed by atoms with Gasteiger partial charge < -0.3 is 5.32 Å². The van der Waals surface area contributed by atoms with Gasteiger partial charge in [0.05, 0.1) is 10.7 Å². The number of halogens is 2. The van der Waals surface area contributed by atoms with Gasteiger partial charge in [-0.25, -0.2) is 13.4 Å². The van der Waals surface area contributed by atoms with E-state index >= 15 is 0 Å². The van der Waals surface area contributed by atoms with E-state index in [9.17, 15) is 8.42 Å². The van der Waals surface area contributed by atoms with E-state index in [1.165, 1.54) is 12.3 Å². The number of anilines is 2. The third-order valence-corrected chi connectivity index (χ3v) is 4.84. The predicted octanol–water partition coefficient (Wildman–Crippen LogP) is 3.65. The van der Waals surface area contributed by atoms with Crippen molar-refractivity contribution in [2.75, 3.05) is 17.1 Å². The van der Waals surface area contributed by atoms with E-state index in [1.807, 2.05) is 6.92 Å². The molecule has 0 aliphatic carbocycles. The second-order valence-electron chi connectivity index (χ2n) is 4.34. The number of pyridine rings is 1. The molecule has 0 aliphatic heterocycles. The molecule has 0 fully saturated rings. The van der Waals surface area contributed by atoms with Crippen LogP contribution in [0.5, 0.6) is 0 Å². The third-order valence-electron chi connectivity index (χ3n) is 2.71. The summed E-state index contributed by atoms with van der Waals surface area (Å²) in [7, 11) is -2.20. The molecule has 0 unspecified atom stereocenters. The van der Waals surface area contributed by atoms with Crippen LogP contribution in [0.4, 0.5) is 11.5 Å². The van der Waals surface area contributed by atoms with Crippen molar-refractivity contribution in [2.45, 2.75) is 11.8 Å². The van der Waals surface area contributed by atoms with Crippen LogP contribution in [0.1, 0.15) is 5.56 Å². The second kappa shape index (κ2) is 6.21. The van der Waals surface area contributed by atoms with Gasteiger partial charge in [0.15, 0.2) is 0 Å². The average Bonchev–Trinajstić information content (AvgIpc) is 2.42. The molecular formula is C13H13BrClN3O2S. The summed E-state index contributed by atoms with van der Waals surface area (Å²) in [6.07, 6.45) is 1.52. The Balaban J connectivity index is 2.45. The number of nitrogens with one attached hydrogen (secondary N) is 2. The first-order chi connectivity index (χ1) is 9.83. The van der Waals surface area contributed by atoms with Gasteiger partial charge in [-0.15, -0.1) is 0 Å². The van der Waals surface area contributed by atoms with Gasteiger partial charge in [0.25, 0.3) is 10.0 Å². The number of rotatable bonds is 4. The average molecular weight is 391 g/mol. The van der Waals surface area contributed by atoms with Crippen LogP contribution in [0.2, 0.25) is 5.02 Å². The number of nitrogens with zero attached hydrogens (tertiary/aromatic N) is 1. The fourth-order valence-corrected chi connectivity index (χ4v) is 3.81. The lowest BCUT2D eigenvalue weighted by molar-refractivity contribution is 0.601. The Bertz CT molecular complexity index is 781. The predicted molar refractivity (Wildman–Crippen MR) is 88.5 cm³/mol. The van der Waals surface area contributed by atoms with Gasteiger partial charge in [0.2, 0.25) is 0 Å². The highest BCUT2D eigenvalue weighted by Crippen LogP contribution is 2.28. The lowest BCUT2D eigenvalue weighted by Crippen LogP contribution is -2.15. The lowest BCUT2D eigenvalue weighted by Gasteiger charge is -2.13. The topological polar surface area (TPSA) is 71.1 Å². The number of aryl methyl sites for hydroxylation is 1. The van der Waals surface area contributed by atoms with E-state index in [2.05, 4.69) is 31.0 Å². The summed E-state index contributed by atoms with van der Waals surface area (Å²) in [5.74, 6) is 0.258. The number of hydrogen-bond acceptors (Lipinski definition) is 4. The third kappa shape index (κ3) is 3.66. The Morgan fingerprint density at radius 3 is 2.62 bits per heavy atom. The molecule has 2 rings (SSSR count). The van der Waals surface area contributed by atoms with Crippen molar-refractivity contribution in [3.8, 4) is 0 Å². The SMILES string of the molecule is CNc1ncc(Br)cc1S(=O)(=O)Nc1ccc(C)cc1Cl. The van der Waals surface area contributed by atoms with Crippen molar-refractivity contribution in [3.63, 3.8) is 0 Å². The molecule has 0 spiro atoms. The van der Waals surface area contributed by atoms with Gasteiger partial charge in [0.1, 0.15) is 10.7 Å². The number of aromatic nitrogens is 1. The summed E-state index contributed by atoms with van der Waals surface area (Å²) in [5, 5.41) is 3.09. The Morgan fingerprint density at radius 2 is 2.00 bits per heavy atom. The number of benzene rings is 1. The van der Waals surface area contributed by atoms with Crippen LogP contribution >= 0.6 is 27.5 Å². The highest BCUT2D eigenvalue weighted by Gasteiger charge is 2.21. The maximum atomic E-state index is 12.5. The van der Waals surface area contributed by atoms with E-state index < -0.39 is 10.0 Å². The zero-order valence-electron chi connectivity index (χ0n) is 11.3. The molecule has 0 bridgehead atoms. The van der Waals surface area contributed by atoms with Gasteiger partial charge >= 0.3 is 0 Å². The molecule has 0 amide bonds. The standard InChI is InChI=1S/C13H13BrClN3O2S/c1-8-3-4-11(10(15)5-8)18-21(19,20)12-6-9(14)7-17-13(12)16-2/h3-7,18H,1-2H3,(H,16,17). The summed E-state index contributed by atoms with van der Waals surface area (Å²) < 4.78 is 28.0. The first kappa shape index (κ1) is 16.1. The first-order valence-electron chi connectivity index (χ1n) is 5.96. The lowest BCUT2D eigenvalue weighted by atomic mass is 10.2. The molecule has 0 saturated heterocycles. The molecule has 0 saturated carbocycles. The summed E-state index contributed by atoms with van der Waals surface area (Å²) >= 11 is 9.28. The summed E-state index contributed by atoms with van der Waals surface area (Å²) in [5.41, 5.74) is 1.27. The summed E-state index contributed by atoms with van der Waals surface area (Å²) in [6, 6.07) is 6.57. The molecular weight excluding hydrogens is 378 g/mol. The van der Waals surface area contributed by atoms with Crippen molar-refractivity contribution < 1.29 is 8.42 Å². The van der Waals surface area contributed by atoms with E-state index in [1.54, 1.807) is 25.2 Å². The molecule has 0 atom stereocenters. The molecule has 2 N–H and O–H groups in total. The highest BCUT2D eigenvalue weighted by molar-refractivity contribution is 9.10. The molecule has 1 aromatic heterocycles. The second-order valence-corrected chi connectivity index (χ2v) is 7.31. The molecule has 21 heavy (non-hydrogen) atoms. The molecule has 5 nitrogen and oxygen atoms in total. The van der Waals surface area contributed by atoms with Gasteiger partial charge in [-0.3, -0.25) is 4.72 Å². The van der Waals surface area contributed by atoms with Crippen molar-refractivity contribution in [1.82, 2.24) is 4.98 Å². The normalized spacial score (nSPS) is 11.2. The smallest absolute Gasteiger partial charge is 0.265 e. The minimum atomic E-state index is -3.80. The zero-order valence-corrected chi connectivity index (χ0v) is 14.5. The van der Waals surface area contributed by atoms with Crippen LogP contribution in [0.25, 0.3) is 0 Å². The molecule has 0 aliphatic rings. The van der Waals surface area contributed by atoms with Gasteiger partial charge in [-0.2, -0.15) is 0 Å². The van der Waals surface area contributed by atoms with E-state index in [4.69, 9.17) is 11.6 Å². The Labute approximate surface area is 136 Å². The fourth-order valence-electron chi connectivity index (χ4n) is 1.72. The Morgan fingerprint density at radius 1 is 1.29 bits per heavy atom. The first-order valence-corrected chi connectivity index (χ1v) is 8.61. The van der Waals surface area contributed by atoms with E-state index in [0.717, 1.165) is 5.56 Å². The summed E-state index contributed by atoms with van der Waals surface area (Å²) in [4.78, 5) is 4.07. The highest BCUT2D eigenvalue weighted by atomic mass is 79.9. The molecule has 1 heterocycles. The molecule has 2 aromatic rings. The van der Waals surface area contributed by atoms with Crippen LogP contribution in [0, 0.1) is 6.92 Å². The van der Waals surface area contributed by atoms with Crippen molar-refractivity contribution >= 4 is 49.1 Å². The zero-order chi connectivity index (χ0) is 15.6. The van der Waals surface area contributed by atoms with E-state index in [0.29, 0.717) is 15.2 Å². The van der Waals surface area contributed by atoms with Crippen molar-refractivity contribution in [1.29, 1.82) is 0 Å². The van der Waals surface area contributed by atoms with Crippen LogP contribution in [0.3, 0.4) is 0 Å². The number of sulfonamides is 1. The van der Waals surface area contributed by atoms with Crippen molar-refractivity contribution in [3.05, 3.63) is 45.5 Å². The van der Waals surface area contributed by atoms with Crippen LogP contribution < -0.4 is 10.0 Å². The quantitative estimate of drug-likeness (QED) is 0.836. The molecule has 1 aromatic carbocycles.